The van der Waals surface area contributed by atoms with E-state index in [0.29, 0.717) is 13.0 Å². The molecule has 0 heterocycles. The third-order valence-corrected chi connectivity index (χ3v) is 10.8. The second-order valence-electron chi connectivity index (χ2n) is 15.4. The highest BCUT2D eigenvalue weighted by atomic mass is 31.2. The topological polar surface area (TPSA) is 132 Å². The molecule has 0 radical (unpaired) electrons. The molecule has 0 aromatic heterocycles. The number of aliphatic hydroxyl groups excluding tert-OH is 2. The van der Waals surface area contributed by atoms with E-state index in [1.807, 2.05) is 0 Å². The molecule has 10 heteroatoms. The van der Waals surface area contributed by atoms with Gasteiger partial charge in [-0.05, 0) is 51.4 Å². The molecule has 0 saturated carbocycles. The maximum atomic E-state index is 12.6. The van der Waals surface area contributed by atoms with E-state index in [1.165, 1.54) is 128 Å². The third-order valence-electron chi connectivity index (χ3n) is 9.83. The van der Waals surface area contributed by atoms with E-state index in [1.54, 1.807) is 0 Å². The first kappa shape index (κ1) is 54.7. The van der Waals surface area contributed by atoms with Gasteiger partial charge in [0.05, 0.1) is 26.4 Å². The van der Waals surface area contributed by atoms with Gasteiger partial charge in [0.25, 0.3) is 0 Å². The predicted octanol–water partition coefficient (Wildman–Crippen LogP) is 12.8. The average molecular weight is 815 g/mol. The lowest BCUT2D eigenvalue weighted by atomic mass is 10.0. The summed E-state index contributed by atoms with van der Waals surface area (Å²) in [6.07, 6.45) is 46.7. The number of allylic oxidation sites excluding steroid dienone is 6. The second kappa shape index (κ2) is 43.3. The first-order chi connectivity index (χ1) is 27.3. The van der Waals surface area contributed by atoms with Crippen molar-refractivity contribution in [2.75, 3.05) is 33.0 Å². The van der Waals surface area contributed by atoms with Gasteiger partial charge < -0.3 is 24.6 Å². The van der Waals surface area contributed by atoms with Crippen molar-refractivity contribution in [2.45, 2.75) is 219 Å². The Morgan fingerprint density at radius 1 is 0.554 bits per heavy atom. The van der Waals surface area contributed by atoms with Crippen molar-refractivity contribution in [3.63, 3.8) is 0 Å². The molecular formula is C46H87O9P. The number of hydrogen-bond acceptors (Lipinski definition) is 8. The Bertz CT molecular complexity index is 970. The lowest BCUT2D eigenvalue weighted by molar-refractivity contribution is -0.154. The van der Waals surface area contributed by atoms with Crippen molar-refractivity contribution < 1.29 is 43.0 Å². The highest BCUT2D eigenvalue weighted by molar-refractivity contribution is 7.47. The van der Waals surface area contributed by atoms with Crippen molar-refractivity contribution in [2.24, 2.45) is 0 Å². The molecule has 0 aliphatic heterocycles. The van der Waals surface area contributed by atoms with Crippen molar-refractivity contribution in [3.8, 4) is 0 Å². The van der Waals surface area contributed by atoms with Crippen LogP contribution < -0.4 is 0 Å². The van der Waals surface area contributed by atoms with E-state index in [0.717, 1.165) is 51.4 Å². The summed E-state index contributed by atoms with van der Waals surface area (Å²) < 4.78 is 33.4. The van der Waals surface area contributed by atoms with Crippen LogP contribution in [-0.2, 0) is 27.9 Å². The minimum Gasteiger partial charge on any atom is -0.457 e. The van der Waals surface area contributed by atoms with Gasteiger partial charge in [0.1, 0.15) is 12.2 Å². The number of carbonyl (C=O) groups is 1. The zero-order chi connectivity index (χ0) is 41.1. The molecule has 9 nitrogen and oxygen atoms in total. The monoisotopic (exact) mass is 815 g/mol. The van der Waals surface area contributed by atoms with Gasteiger partial charge >= 0.3 is 13.8 Å². The molecule has 0 rings (SSSR count). The summed E-state index contributed by atoms with van der Waals surface area (Å²) in [4.78, 5) is 22.6. The normalized spacial score (nSPS) is 14.3. The van der Waals surface area contributed by atoms with Gasteiger partial charge in [0.15, 0.2) is 0 Å². The standard InChI is InChI=1S/C46H87O9P/c1-3-5-7-9-11-13-15-17-19-20-21-22-23-24-25-26-28-30-32-34-36-38-46(49)55-45(43-54-56(50,51)53-41-44(48)40-47)42-52-39-37-35-33-31-29-27-18-16-14-12-10-8-6-4-2/h15,17,20-21,23-24,44-45,47-48H,3-14,16,18-19,22,25-43H2,1-2H3,(H,50,51)/b17-15-,21-20-,24-23-. The Morgan fingerprint density at radius 3 is 1.45 bits per heavy atom. The van der Waals surface area contributed by atoms with Gasteiger partial charge in [-0.25, -0.2) is 4.57 Å². The van der Waals surface area contributed by atoms with Gasteiger partial charge in [0.2, 0.25) is 0 Å². The zero-order valence-electron chi connectivity index (χ0n) is 36.1. The largest absolute Gasteiger partial charge is 0.472 e. The summed E-state index contributed by atoms with van der Waals surface area (Å²) in [6.45, 7) is 3.51. The smallest absolute Gasteiger partial charge is 0.457 e. The minimum atomic E-state index is -4.52. The van der Waals surface area contributed by atoms with E-state index in [9.17, 15) is 19.4 Å². The molecule has 0 aromatic rings. The highest BCUT2D eigenvalue weighted by Crippen LogP contribution is 2.43. The zero-order valence-corrected chi connectivity index (χ0v) is 37.0. The van der Waals surface area contributed by atoms with Crippen molar-refractivity contribution in [1.29, 1.82) is 0 Å². The number of rotatable bonds is 44. The summed E-state index contributed by atoms with van der Waals surface area (Å²) in [6, 6.07) is 0. The van der Waals surface area contributed by atoms with Crippen LogP contribution in [0.15, 0.2) is 36.5 Å². The molecule has 330 valence electrons. The Labute approximate surface area is 344 Å². The molecule has 0 aromatic carbocycles. The Kier molecular flexibility index (Phi) is 42.2. The maximum absolute atomic E-state index is 12.6. The third kappa shape index (κ3) is 42.3. The number of esters is 1. The molecule has 0 aliphatic rings. The highest BCUT2D eigenvalue weighted by Gasteiger charge is 2.26. The first-order valence-electron chi connectivity index (χ1n) is 23.0. The second-order valence-corrected chi connectivity index (χ2v) is 16.9. The van der Waals surface area contributed by atoms with Crippen LogP contribution in [-0.4, -0.2) is 66.3 Å². The lowest BCUT2D eigenvalue weighted by Crippen LogP contribution is -2.29. The summed E-state index contributed by atoms with van der Waals surface area (Å²) in [5.74, 6) is -0.393. The Hall–Kier alpha value is -1.32. The molecule has 0 saturated heterocycles. The van der Waals surface area contributed by atoms with Crippen LogP contribution in [0, 0.1) is 0 Å². The number of phosphoric acid groups is 1. The fourth-order valence-corrected chi connectivity index (χ4v) is 7.09. The Balaban J connectivity index is 4.15. The van der Waals surface area contributed by atoms with Gasteiger partial charge in [-0.2, -0.15) is 0 Å². The van der Waals surface area contributed by atoms with Crippen molar-refractivity contribution >= 4 is 13.8 Å². The van der Waals surface area contributed by atoms with E-state index in [2.05, 4.69) is 50.3 Å². The molecule has 0 spiro atoms. The summed E-state index contributed by atoms with van der Waals surface area (Å²) >= 11 is 0. The predicted molar refractivity (Wildman–Crippen MR) is 233 cm³/mol. The molecule has 0 amide bonds. The van der Waals surface area contributed by atoms with Crippen LogP contribution in [0.25, 0.3) is 0 Å². The van der Waals surface area contributed by atoms with Gasteiger partial charge in [-0.1, -0.05) is 185 Å². The summed E-state index contributed by atoms with van der Waals surface area (Å²) in [5.41, 5.74) is 0. The molecule has 3 N–H and O–H groups in total. The van der Waals surface area contributed by atoms with E-state index in [4.69, 9.17) is 23.6 Å². The Morgan fingerprint density at radius 2 is 0.964 bits per heavy atom. The lowest BCUT2D eigenvalue weighted by Gasteiger charge is -2.20. The van der Waals surface area contributed by atoms with Gasteiger partial charge in [-0.3, -0.25) is 13.8 Å². The van der Waals surface area contributed by atoms with Crippen molar-refractivity contribution in [3.05, 3.63) is 36.5 Å². The fourth-order valence-electron chi connectivity index (χ4n) is 6.30. The number of aliphatic hydroxyl groups is 2. The van der Waals surface area contributed by atoms with Crippen molar-refractivity contribution in [1.82, 2.24) is 0 Å². The SMILES string of the molecule is CCCCCCC/C=C\C/C=C\C/C=C\CCCCCCCCC(=O)OC(COCCCCCCCCCCCCCCCC)COP(=O)(O)OCC(O)CO. The van der Waals surface area contributed by atoms with Crippen LogP contribution >= 0.6 is 7.82 Å². The number of carbonyl (C=O) groups excluding carboxylic acids is 1. The van der Waals surface area contributed by atoms with E-state index >= 15 is 0 Å². The molecule has 3 unspecified atom stereocenters. The summed E-state index contributed by atoms with van der Waals surface area (Å²) in [5, 5.41) is 18.4. The quantitative estimate of drug-likeness (QED) is 0.0238. The average Bonchev–Trinajstić information content (AvgIpc) is 3.19. The van der Waals surface area contributed by atoms with E-state index < -0.39 is 39.2 Å². The summed E-state index contributed by atoms with van der Waals surface area (Å²) in [7, 11) is -4.52. The van der Waals surface area contributed by atoms with Gasteiger partial charge in [-0.15, -0.1) is 0 Å². The maximum Gasteiger partial charge on any atom is 0.472 e. The van der Waals surface area contributed by atoms with Crippen LogP contribution in [0.2, 0.25) is 0 Å². The number of ether oxygens (including phenoxy) is 2. The van der Waals surface area contributed by atoms with Crippen LogP contribution in [0.4, 0.5) is 0 Å². The molecule has 0 fully saturated rings. The fraction of sp³-hybridized carbons (Fsp3) is 0.848. The molecule has 0 aliphatic carbocycles. The number of phosphoric ester groups is 1. The number of unbranched alkanes of at least 4 members (excludes halogenated alkanes) is 24. The molecular weight excluding hydrogens is 727 g/mol. The van der Waals surface area contributed by atoms with Gasteiger partial charge in [0, 0.05) is 13.0 Å². The minimum absolute atomic E-state index is 0.0465. The molecule has 0 bridgehead atoms. The van der Waals surface area contributed by atoms with Crippen LogP contribution in [0.1, 0.15) is 206 Å². The van der Waals surface area contributed by atoms with Crippen LogP contribution in [0.3, 0.4) is 0 Å². The molecule has 3 atom stereocenters. The molecule has 56 heavy (non-hydrogen) atoms. The number of hydrogen-bond donors (Lipinski definition) is 3. The van der Waals surface area contributed by atoms with Crippen LogP contribution in [0.5, 0.6) is 0 Å². The van der Waals surface area contributed by atoms with E-state index in [-0.39, 0.29) is 19.6 Å². The first-order valence-corrected chi connectivity index (χ1v) is 24.5.